The summed E-state index contributed by atoms with van der Waals surface area (Å²) in [5.74, 6) is 0.739. The van der Waals surface area contributed by atoms with E-state index in [9.17, 15) is 14.9 Å². The molecular formula is C24H29N5O3. The van der Waals surface area contributed by atoms with Gasteiger partial charge in [0.25, 0.3) is 11.6 Å². The smallest absolute Gasteiger partial charge is 0.269 e. The van der Waals surface area contributed by atoms with Crippen LogP contribution in [0.5, 0.6) is 0 Å². The van der Waals surface area contributed by atoms with Gasteiger partial charge in [0.2, 0.25) is 0 Å². The first-order valence-electron chi connectivity index (χ1n) is 11.2. The standard InChI is InChI=1S/C24H29N5O3/c1-17(2)28-22-12-9-19(25-24(30)18-7-10-20(11-8-18)29(31)32)15-21(22)26-23(28)16-27-13-5-3-4-6-14-27/h7-12,15,17H,3-6,13-14,16H2,1-2H3,(H,25,30). The first kappa shape index (κ1) is 22.0. The fraction of sp³-hybridized carbons (Fsp3) is 0.417. The number of nitro groups is 1. The lowest BCUT2D eigenvalue weighted by atomic mass is 10.2. The van der Waals surface area contributed by atoms with Crippen LogP contribution in [0.2, 0.25) is 0 Å². The van der Waals surface area contributed by atoms with Gasteiger partial charge in [0, 0.05) is 29.4 Å². The molecule has 1 aliphatic heterocycles. The lowest BCUT2D eigenvalue weighted by molar-refractivity contribution is -0.384. The number of carbonyl (C=O) groups excluding carboxylic acids is 1. The molecule has 0 aliphatic carbocycles. The number of rotatable bonds is 6. The Kier molecular flexibility index (Phi) is 6.50. The molecule has 8 nitrogen and oxygen atoms in total. The van der Waals surface area contributed by atoms with Crippen LogP contribution in [0.4, 0.5) is 11.4 Å². The minimum Gasteiger partial charge on any atom is -0.324 e. The SMILES string of the molecule is CC(C)n1c(CN2CCCCCC2)nc2cc(NC(=O)c3ccc([N+](=O)[O-])cc3)ccc21. The highest BCUT2D eigenvalue weighted by atomic mass is 16.6. The number of hydrogen-bond acceptors (Lipinski definition) is 5. The molecule has 1 amide bonds. The van der Waals surface area contributed by atoms with Crippen molar-refractivity contribution in [2.24, 2.45) is 0 Å². The highest BCUT2D eigenvalue weighted by molar-refractivity contribution is 6.05. The summed E-state index contributed by atoms with van der Waals surface area (Å²) in [5, 5.41) is 13.7. The van der Waals surface area contributed by atoms with Gasteiger partial charge in [0.1, 0.15) is 5.82 Å². The molecule has 2 aromatic carbocycles. The molecule has 1 N–H and O–H groups in total. The summed E-state index contributed by atoms with van der Waals surface area (Å²) in [6.45, 7) is 7.38. The van der Waals surface area contributed by atoms with E-state index >= 15 is 0 Å². The van der Waals surface area contributed by atoms with Crippen molar-refractivity contribution < 1.29 is 9.72 Å². The van der Waals surface area contributed by atoms with E-state index in [-0.39, 0.29) is 17.6 Å². The number of amides is 1. The van der Waals surface area contributed by atoms with E-state index in [0.29, 0.717) is 11.3 Å². The lowest BCUT2D eigenvalue weighted by Crippen LogP contribution is -2.26. The third kappa shape index (κ3) is 4.80. The maximum Gasteiger partial charge on any atom is 0.269 e. The van der Waals surface area contributed by atoms with E-state index in [2.05, 4.69) is 28.6 Å². The van der Waals surface area contributed by atoms with Crippen molar-refractivity contribution in [1.82, 2.24) is 14.5 Å². The summed E-state index contributed by atoms with van der Waals surface area (Å²) >= 11 is 0. The molecule has 8 heteroatoms. The highest BCUT2D eigenvalue weighted by Gasteiger charge is 2.18. The van der Waals surface area contributed by atoms with Crippen LogP contribution in [-0.4, -0.2) is 38.4 Å². The summed E-state index contributed by atoms with van der Waals surface area (Å²) in [7, 11) is 0. The van der Waals surface area contributed by atoms with E-state index in [0.717, 1.165) is 36.5 Å². The highest BCUT2D eigenvalue weighted by Crippen LogP contribution is 2.26. The average Bonchev–Trinajstić information content (AvgIpc) is 2.92. The third-order valence-corrected chi connectivity index (χ3v) is 5.94. The molecule has 2 heterocycles. The van der Waals surface area contributed by atoms with E-state index in [1.165, 1.54) is 49.9 Å². The number of hydrogen-bond donors (Lipinski definition) is 1. The van der Waals surface area contributed by atoms with E-state index in [1.807, 2.05) is 18.2 Å². The van der Waals surface area contributed by atoms with Gasteiger partial charge in [-0.05, 0) is 70.1 Å². The number of fused-ring (bicyclic) bond motifs is 1. The molecule has 0 bridgehead atoms. The summed E-state index contributed by atoms with van der Waals surface area (Å²) in [6, 6.07) is 11.6. The number of nitro benzene ring substituents is 1. The minimum absolute atomic E-state index is 0.0425. The predicted molar refractivity (Wildman–Crippen MR) is 125 cm³/mol. The van der Waals surface area contributed by atoms with Gasteiger partial charge in [0.15, 0.2) is 0 Å². The number of nitrogens with zero attached hydrogens (tertiary/aromatic N) is 4. The maximum absolute atomic E-state index is 12.6. The Labute approximate surface area is 187 Å². The molecular weight excluding hydrogens is 406 g/mol. The molecule has 1 aromatic heterocycles. The number of imidazole rings is 1. The van der Waals surface area contributed by atoms with Crippen LogP contribution >= 0.6 is 0 Å². The first-order chi connectivity index (χ1) is 15.4. The van der Waals surface area contributed by atoms with Crippen molar-refractivity contribution in [3.63, 3.8) is 0 Å². The van der Waals surface area contributed by atoms with Gasteiger partial charge in [-0.15, -0.1) is 0 Å². The van der Waals surface area contributed by atoms with Crippen LogP contribution in [0.25, 0.3) is 11.0 Å². The molecule has 1 fully saturated rings. The lowest BCUT2D eigenvalue weighted by Gasteiger charge is -2.21. The number of carbonyl (C=O) groups is 1. The van der Waals surface area contributed by atoms with E-state index < -0.39 is 4.92 Å². The first-order valence-corrected chi connectivity index (χ1v) is 11.2. The number of aromatic nitrogens is 2. The summed E-state index contributed by atoms with van der Waals surface area (Å²) in [5.41, 5.74) is 2.88. The Morgan fingerprint density at radius 1 is 1.09 bits per heavy atom. The largest absolute Gasteiger partial charge is 0.324 e. The molecule has 0 spiro atoms. The van der Waals surface area contributed by atoms with Gasteiger partial charge in [-0.2, -0.15) is 0 Å². The van der Waals surface area contributed by atoms with Crippen LogP contribution in [0, 0.1) is 10.1 Å². The quantitative estimate of drug-likeness (QED) is 0.427. The second kappa shape index (κ2) is 9.48. The van der Waals surface area contributed by atoms with Crippen molar-refractivity contribution in [2.45, 2.75) is 52.1 Å². The van der Waals surface area contributed by atoms with Crippen molar-refractivity contribution in [1.29, 1.82) is 0 Å². The van der Waals surface area contributed by atoms with Gasteiger partial charge in [-0.25, -0.2) is 4.98 Å². The second-order valence-corrected chi connectivity index (χ2v) is 8.64. The zero-order valence-corrected chi connectivity index (χ0v) is 18.6. The van der Waals surface area contributed by atoms with Gasteiger partial charge >= 0.3 is 0 Å². The summed E-state index contributed by atoms with van der Waals surface area (Å²) < 4.78 is 2.28. The van der Waals surface area contributed by atoms with E-state index in [1.54, 1.807) is 0 Å². The Hall–Kier alpha value is -3.26. The fourth-order valence-electron chi connectivity index (χ4n) is 4.35. The molecule has 4 rings (SSSR count). The Balaban J connectivity index is 1.56. The zero-order valence-electron chi connectivity index (χ0n) is 18.6. The Morgan fingerprint density at radius 2 is 1.78 bits per heavy atom. The topological polar surface area (TPSA) is 93.3 Å². The zero-order chi connectivity index (χ0) is 22.7. The molecule has 1 saturated heterocycles. The Bertz CT molecular complexity index is 1110. The van der Waals surface area contributed by atoms with Crippen LogP contribution < -0.4 is 5.32 Å². The van der Waals surface area contributed by atoms with Gasteiger partial charge < -0.3 is 9.88 Å². The molecule has 32 heavy (non-hydrogen) atoms. The minimum atomic E-state index is -0.482. The average molecular weight is 436 g/mol. The van der Waals surface area contributed by atoms with Crippen molar-refractivity contribution in [3.05, 3.63) is 64.0 Å². The van der Waals surface area contributed by atoms with Gasteiger partial charge in [0.05, 0.1) is 22.5 Å². The van der Waals surface area contributed by atoms with Crippen LogP contribution in [-0.2, 0) is 6.54 Å². The normalized spacial score (nSPS) is 15.1. The summed E-state index contributed by atoms with van der Waals surface area (Å²) in [6.07, 6.45) is 5.07. The fourth-order valence-corrected chi connectivity index (χ4v) is 4.35. The van der Waals surface area contributed by atoms with Crippen molar-refractivity contribution >= 4 is 28.3 Å². The monoisotopic (exact) mass is 435 g/mol. The number of non-ortho nitro benzene ring substituents is 1. The number of anilines is 1. The molecule has 0 saturated carbocycles. The predicted octanol–water partition coefficient (Wildman–Crippen LogP) is 5.15. The maximum atomic E-state index is 12.6. The molecule has 1 aliphatic rings. The number of likely N-dealkylation sites (tertiary alicyclic amines) is 1. The number of benzene rings is 2. The second-order valence-electron chi connectivity index (χ2n) is 8.64. The third-order valence-electron chi connectivity index (χ3n) is 5.94. The van der Waals surface area contributed by atoms with Gasteiger partial charge in [-0.3, -0.25) is 19.8 Å². The molecule has 3 aromatic rings. The van der Waals surface area contributed by atoms with E-state index in [4.69, 9.17) is 4.98 Å². The summed E-state index contributed by atoms with van der Waals surface area (Å²) in [4.78, 5) is 30.3. The van der Waals surface area contributed by atoms with Crippen LogP contribution in [0.15, 0.2) is 42.5 Å². The van der Waals surface area contributed by atoms with Crippen molar-refractivity contribution in [3.8, 4) is 0 Å². The number of nitrogens with one attached hydrogen (secondary N) is 1. The molecule has 0 atom stereocenters. The molecule has 0 unspecified atom stereocenters. The van der Waals surface area contributed by atoms with Crippen LogP contribution in [0.1, 0.15) is 61.8 Å². The Morgan fingerprint density at radius 3 is 2.41 bits per heavy atom. The molecule has 168 valence electrons. The molecule has 0 radical (unpaired) electrons. The van der Waals surface area contributed by atoms with Gasteiger partial charge in [-0.1, -0.05) is 12.8 Å². The van der Waals surface area contributed by atoms with Crippen LogP contribution in [0.3, 0.4) is 0 Å². The van der Waals surface area contributed by atoms with Crippen molar-refractivity contribution in [2.75, 3.05) is 18.4 Å².